The molecule has 0 aromatic heterocycles. The van der Waals surface area contributed by atoms with E-state index in [2.05, 4.69) is 0 Å². The van der Waals surface area contributed by atoms with Gasteiger partial charge in [0, 0.05) is 24.6 Å². The van der Waals surface area contributed by atoms with Crippen LogP contribution in [0.1, 0.15) is 25.8 Å². The highest BCUT2D eigenvalue weighted by atomic mass is 35.5. The van der Waals surface area contributed by atoms with E-state index in [0.717, 1.165) is 0 Å². The van der Waals surface area contributed by atoms with E-state index in [4.69, 9.17) is 16.3 Å². The Hall–Kier alpha value is -2.64. The van der Waals surface area contributed by atoms with Gasteiger partial charge >= 0.3 is 5.97 Å². The van der Waals surface area contributed by atoms with Gasteiger partial charge in [-0.05, 0) is 29.2 Å². The molecule has 2 atom stereocenters. The number of aliphatic hydroxyl groups excluding tert-OH is 1. The number of benzene rings is 1. The number of rotatable bonds is 7. The van der Waals surface area contributed by atoms with E-state index in [0.29, 0.717) is 16.9 Å². The van der Waals surface area contributed by atoms with Crippen molar-refractivity contribution >= 4 is 23.4 Å². The summed E-state index contributed by atoms with van der Waals surface area (Å²) in [5.74, 6) is -1.90. The summed E-state index contributed by atoms with van der Waals surface area (Å²) < 4.78 is 20.0. The third kappa shape index (κ3) is 4.38. The fraction of sp³-hybridized carbons (Fsp3) is 0.391. The summed E-state index contributed by atoms with van der Waals surface area (Å²) in [5, 5.41) is 19.5. The quantitative estimate of drug-likeness (QED) is 0.620. The molecule has 6 nitrogen and oxygen atoms in total. The third-order valence-corrected chi connectivity index (χ3v) is 6.09. The van der Waals surface area contributed by atoms with Crippen molar-refractivity contribution in [3.8, 4) is 0 Å². The van der Waals surface area contributed by atoms with Crippen LogP contribution in [0.25, 0.3) is 0 Å². The number of hydrogen-bond acceptors (Lipinski definition) is 5. The highest BCUT2D eigenvalue weighted by Crippen LogP contribution is 2.37. The number of allylic oxidation sites excluding steroid dienone is 2. The Morgan fingerprint density at radius 2 is 2.10 bits per heavy atom. The van der Waals surface area contributed by atoms with Crippen molar-refractivity contribution in [1.29, 1.82) is 0 Å². The second-order valence-corrected chi connectivity index (χ2v) is 8.39. The third-order valence-electron chi connectivity index (χ3n) is 5.80. The zero-order valence-electron chi connectivity index (χ0n) is 17.6. The average molecular weight is 450 g/mol. The monoisotopic (exact) mass is 449 g/mol. The zero-order valence-corrected chi connectivity index (χ0v) is 18.3. The second-order valence-electron chi connectivity index (χ2n) is 7.98. The molecule has 0 saturated carbocycles. The zero-order chi connectivity index (χ0) is 22.9. The van der Waals surface area contributed by atoms with E-state index < -0.39 is 23.6 Å². The average Bonchev–Trinajstić information content (AvgIpc) is 2.72. The van der Waals surface area contributed by atoms with Crippen molar-refractivity contribution in [1.82, 2.24) is 4.90 Å². The van der Waals surface area contributed by atoms with E-state index >= 15 is 0 Å². The predicted octanol–water partition coefficient (Wildman–Crippen LogP) is 3.49. The summed E-state index contributed by atoms with van der Waals surface area (Å²) in [6.07, 6.45) is 3.34. The van der Waals surface area contributed by atoms with Gasteiger partial charge in [0.2, 0.25) is 0 Å². The Morgan fingerprint density at radius 1 is 1.39 bits per heavy atom. The summed E-state index contributed by atoms with van der Waals surface area (Å²) in [6, 6.07) is 3.82. The lowest BCUT2D eigenvalue weighted by molar-refractivity contribution is -0.134. The van der Waals surface area contributed by atoms with Crippen molar-refractivity contribution in [3.05, 3.63) is 69.4 Å². The number of carbonyl (C=O) groups is 2. The molecule has 0 fully saturated rings. The minimum absolute atomic E-state index is 0.00248. The Bertz CT molecular complexity index is 998. The Balaban J connectivity index is 2.08. The van der Waals surface area contributed by atoms with Crippen LogP contribution in [-0.2, 0) is 20.7 Å². The van der Waals surface area contributed by atoms with Gasteiger partial charge in [0.25, 0.3) is 0 Å². The molecule has 2 N–H and O–H groups in total. The van der Waals surface area contributed by atoms with Gasteiger partial charge in [0.15, 0.2) is 5.78 Å². The topological polar surface area (TPSA) is 87.1 Å². The maximum Gasteiger partial charge on any atom is 0.341 e. The first kappa shape index (κ1) is 23.0. The Morgan fingerprint density at radius 3 is 2.68 bits per heavy atom. The Labute approximate surface area is 185 Å². The maximum atomic E-state index is 14.5. The number of carbonyl (C=O) groups excluding carboxylic acids is 1. The van der Waals surface area contributed by atoms with Crippen LogP contribution in [0, 0.1) is 11.7 Å². The summed E-state index contributed by atoms with van der Waals surface area (Å²) in [6.45, 7) is 3.63. The SMILES string of the molecule is COC1=C(Cc2cccc(Cl)c2F)C=C2C(=O)C(C(=O)O)=CN([C@H](CO)C(C)C)C2C1. The van der Waals surface area contributed by atoms with E-state index in [1.54, 1.807) is 23.1 Å². The normalized spacial score (nSPS) is 19.8. The molecule has 1 heterocycles. The molecular formula is C23H25ClFNO5. The van der Waals surface area contributed by atoms with Gasteiger partial charge in [-0.3, -0.25) is 4.79 Å². The lowest BCUT2D eigenvalue weighted by Gasteiger charge is -2.43. The summed E-state index contributed by atoms with van der Waals surface area (Å²) >= 11 is 5.89. The number of methoxy groups -OCH3 is 1. The maximum absolute atomic E-state index is 14.5. The number of hydrogen-bond donors (Lipinski definition) is 2. The van der Waals surface area contributed by atoms with Crippen LogP contribution in [-0.4, -0.2) is 52.7 Å². The number of carboxylic acids is 1. The van der Waals surface area contributed by atoms with Crippen LogP contribution in [0.2, 0.25) is 5.02 Å². The molecule has 0 radical (unpaired) electrons. The lowest BCUT2D eigenvalue weighted by Crippen LogP contribution is -2.50. The molecule has 166 valence electrons. The minimum atomic E-state index is -1.33. The fourth-order valence-electron chi connectivity index (χ4n) is 4.10. The number of aliphatic hydroxyl groups is 1. The molecule has 0 saturated heterocycles. The van der Waals surface area contributed by atoms with Crippen LogP contribution in [0.3, 0.4) is 0 Å². The smallest absolute Gasteiger partial charge is 0.341 e. The number of ketones is 1. The lowest BCUT2D eigenvalue weighted by atomic mass is 9.81. The van der Waals surface area contributed by atoms with Crippen LogP contribution in [0.15, 0.2) is 53.0 Å². The number of Topliss-reactive ketones (excluding diaryl/α,β-unsaturated/α-hetero) is 1. The number of halogens is 2. The van der Waals surface area contributed by atoms with E-state index in [-0.39, 0.29) is 47.6 Å². The molecule has 8 heteroatoms. The molecule has 0 amide bonds. The molecule has 2 aliphatic rings. The summed E-state index contributed by atoms with van der Waals surface area (Å²) in [4.78, 5) is 26.4. The fourth-order valence-corrected chi connectivity index (χ4v) is 4.29. The number of ether oxygens (including phenoxy) is 1. The second kappa shape index (κ2) is 9.24. The van der Waals surface area contributed by atoms with Gasteiger partial charge in [0.1, 0.15) is 17.1 Å². The first-order chi connectivity index (χ1) is 14.7. The molecule has 1 aliphatic heterocycles. The van der Waals surface area contributed by atoms with Gasteiger partial charge < -0.3 is 19.8 Å². The number of nitrogens with zero attached hydrogens (tertiary/aromatic N) is 1. The predicted molar refractivity (Wildman–Crippen MR) is 114 cm³/mol. The first-order valence-electron chi connectivity index (χ1n) is 9.98. The standard InChI is InChI=1S/C23H25ClFNO5/c1-12(2)19(11-27)26-10-16(23(29)30)22(28)15-8-14(20(31-3)9-18(15)26)7-13-5-4-6-17(24)21(13)25/h4-6,8,10,12,18-19,27H,7,9,11H2,1-3H3,(H,29,30)/t18?,19-/m1/s1. The van der Waals surface area contributed by atoms with Gasteiger partial charge in [0.05, 0.1) is 30.8 Å². The van der Waals surface area contributed by atoms with Crippen molar-refractivity contribution in [3.63, 3.8) is 0 Å². The summed E-state index contributed by atoms with van der Waals surface area (Å²) in [5.41, 5.74) is 0.852. The van der Waals surface area contributed by atoms with E-state index in [1.807, 2.05) is 13.8 Å². The van der Waals surface area contributed by atoms with Crippen LogP contribution in [0.4, 0.5) is 4.39 Å². The van der Waals surface area contributed by atoms with Crippen LogP contribution >= 0.6 is 11.6 Å². The number of aliphatic carboxylic acids is 1. The first-order valence-corrected chi connectivity index (χ1v) is 10.4. The minimum Gasteiger partial charge on any atom is -0.501 e. The van der Waals surface area contributed by atoms with Crippen LogP contribution in [0.5, 0.6) is 0 Å². The molecule has 1 aromatic carbocycles. The molecule has 1 unspecified atom stereocenters. The molecule has 31 heavy (non-hydrogen) atoms. The number of fused-ring (bicyclic) bond motifs is 1. The number of carboxylic acid groups (broad SMARTS) is 1. The molecule has 1 aliphatic carbocycles. The highest BCUT2D eigenvalue weighted by molar-refractivity contribution is 6.30. The summed E-state index contributed by atoms with van der Waals surface area (Å²) in [7, 11) is 1.50. The van der Waals surface area contributed by atoms with Gasteiger partial charge in [-0.2, -0.15) is 0 Å². The van der Waals surface area contributed by atoms with E-state index in [9.17, 15) is 24.2 Å². The van der Waals surface area contributed by atoms with Gasteiger partial charge in [-0.25, -0.2) is 9.18 Å². The molecule has 1 aromatic rings. The molecule has 0 bridgehead atoms. The Kier molecular flexibility index (Phi) is 6.86. The van der Waals surface area contributed by atoms with Gasteiger partial charge in [-0.1, -0.05) is 37.6 Å². The van der Waals surface area contributed by atoms with Crippen molar-refractivity contribution in [2.24, 2.45) is 5.92 Å². The van der Waals surface area contributed by atoms with Crippen LogP contribution < -0.4 is 0 Å². The molecule has 0 spiro atoms. The van der Waals surface area contributed by atoms with E-state index in [1.165, 1.54) is 19.4 Å². The van der Waals surface area contributed by atoms with Gasteiger partial charge in [-0.15, -0.1) is 0 Å². The molecule has 3 rings (SSSR count). The largest absolute Gasteiger partial charge is 0.501 e. The highest BCUT2D eigenvalue weighted by Gasteiger charge is 2.41. The van der Waals surface area contributed by atoms with Crippen molar-refractivity contribution < 1.29 is 28.9 Å². The molecular weight excluding hydrogens is 425 g/mol. The van der Waals surface area contributed by atoms with Crippen molar-refractivity contribution in [2.45, 2.75) is 38.8 Å². The van der Waals surface area contributed by atoms with Crippen molar-refractivity contribution in [2.75, 3.05) is 13.7 Å².